The van der Waals surface area contributed by atoms with Crippen LogP contribution in [0, 0.1) is 5.92 Å². The molecule has 0 N–H and O–H groups in total. The maximum absolute atomic E-state index is 6.13. The van der Waals surface area contributed by atoms with Gasteiger partial charge in [-0.05, 0) is 31.8 Å². The summed E-state index contributed by atoms with van der Waals surface area (Å²) in [6.07, 6.45) is 4.52. The zero-order chi connectivity index (χ0) is 10.4. The number of fused-ring (bicyclic) bond motifs is 3. The summed E-state index contributed by atoms with van der Waals surface area (Å²) in [5.41, 5.74) is -0.358. The summed E-state index contributed by atoms with van der Waals surface area (Å²) in [5, 5.41) is 0.631. The molecule has 4 aliphatic rings. The number of rotatable bonds is 1. The average Bonchev–Trinajstić information content (AvgIpc) is 2.59. The molecule has 0 aliphatic carbocycles. The van der Waals surface area contributed by atoms with Gasteiger partial charge in [0.15, 0.2) is 5.09 Å². The van der Waals surface area contributed by atoms with E-state index in [2.05, 4.69) is 22.4 Å². The van der Waals surface area contributed by atoms with Crippen LogP contribution >= 0.6 is 24.2 Å². The van der Waals surface area contributed by atoms with Crippen LogP contribution in [0.5, 0.6) is 0 Å². The van der Waals surface area contributed by atoms with E-state index in [1.165, 1.54) is 25.9 Å². The van der Waals surface area contributed by atoms with E-state index >= 15 is 0 Å². The van der Waals surface area contributed by atoms with E-state index < -0.39 is 0 Å². The second kappa shape index (κ2) is 3.75. The molecule has 84 valence electrons. The van der Waals surface area contributed by atoms with Crippen molar-refractivity contribution in [1.82, 2.24) is 9.80 Å². The summed E-state index contributed by atoms with van der Waals surface area (Å²) in [5.74, 6) is 0.773. The highest BCUT2D eigenvalue weighted by atomic mass is 35.5. The number of thiol groups is 1. The Morgan fingerprint density at radius 3 is 2.60 bits per heavy atom. The number of piperidine rings is 3. The molecule has 4 rings (SSSR count). The minimum Gasteiger partial charge on any atom is -0.449 e. The molecule has 0 spiro atoms. The van der Waals surface area contributed by atoms with Crippen LogP contribution in [0.4, 0.5) is 0 Å². The Bertz CT molecular complexity index is 291. The van der Waals surface area contributed by atoms with E-state index in [1.54, 1.807) is 0 Å². The van der Waals surface area contributed by atoms with Gasteiger partial charge in [0, 0.05) is 12.6 Å². The first-order valence-electron chi connectivity index (χ1n) is 5.45. The Labute approximate surface area is 100 Å². The van der Waals surface area contributed by atoms with Gasteiger partial charge < -0.3 is 14.5 Å². The lowest BCUT2D eigenvalue weighted by molar-refractivity contribution is -0.00896. The van der Waals surface area contributed by atoms with Crippen molar-refractivity contribution in [1.29, 1.82) is 0 Å². The van der Waals surface area contributed by atoms with Crippen molar-refractivity contribution in [2.24, 2.45) is 5.92 Å². The lowest BCUT2D eigenvalue weighted by Gasteiger charge is -2.48. The van der Waals surface area contributed by atoms with Gasteiger partial charge in [-0.3, -0.25) is 0 Å². The maximum Gasteiger partial charge on any atom is 0.251 e. The highest BCUT2D eigenvalue weighted by Crippen LogP contribution is 2.36. The van der Waals surface area contributed by atoms with Crippen molar-refractivity contribution in [3.8, 4) is 0 Å². The van der Waals surface area contributed by atoms with Gasteiger partial charge >= 0.3 is 0 Å². The fraction of sp³-hybridized carbons (Fsp3) is 0.800. The molecule has 0 aromatic rings. The van der Waals surface area contributed by atoms with E-state index in [9.17, 15) is 0 Å². The monoisotopic (exact) mass is 246 g/mol. The summed E-state index contributed by atoms with van der Waals surface area (Å²) in [6.45, 7) is 3.62. The molecule has 2 bridgehead atoms. The normalized spacial score (nSPS) is 44.1. The van der Waals surface area contributed by atoms with Crippen molar-refractivity contribution >= 4 is 24.2 Å². The van der Waals surface area contributed by atoms with Gasteiger partial charge in [0.2, 0.25) is 0 Å². The van der Waals surface area contributed by atoms with Crippen molar-refractivity contribution in [2.45, 2.75) is 24.6 Å². The largest absolute Gasteiger partial charge is 0.449 e. The van der Waals surface area contributed by atoms with E-state index in [1.807, 2.05) is 6.20 Å². The average molecular weight is 247 g/mol. The van der Waals surface area contributed by atoms with Gasteiger partial charge in [0.1, 0.15) is 0 Å². The van der Waals surface area contributed by atoms with Crippen LogP contribution in [0.25, 0.3) is 0 Å². The highest BCUT2D eigenvalue weighted by molar-refractivity contribution is 7.84. The molecule has 4 aliphatic heterocycles. The molecule has 3 nitrogen and oxygen atoms in total. The van der Waals surface area contributed by atoms with Crippen molar-refractivity contribution in [3.63, 3.8) is 0 Å². The number of hydrogen-bond donors (Lipinski definition) is 1. The minimum absolute atomic E-state index is 0.358. The third kappa shape index (κ3) is 1.73. The van der Waals surface area contributed by atoms with Crippen LogP contribution in [0.3, 0.4) is 0 Å². The molecule has 4 heterocycles. The van der Waals surface area contributed by atoms with Gasteiger partial charge in [0.05, 0.1) is 6.20 Å². The van der Waals surface area contributed by atoms with Crippen LogP contribution in [0.1, 0.15) is 12.8 Å². The summed E-state index contributed by atoms with van der Waals surface area (Å²) in [6, 6.07) is 0.514. The van der Waals surface area contributed by atoms with Crippen LogP contribution < -0.4 is 0 Å². The molecule has 0 saturated carbocycles. The first kappa shape index (κ1) is 10.1. The second-order valence-corrected chi connectivity index (χ2v) is 5.34. The summed E-state index contributed by atoms with van der Waals surface area (Å²) in [4.78, 5) is 4.64. The summed E-state index contributed by atoms with van der Waals surface area (Å²) < 4.78 is 5.33. The molecule has 0 amide bonds. The molecule has 0 aromatic heterocycles. The van der Waals surface area contributed by atoms with Crippen LogP contribution in [0.2, 0.25) is 0 Å². The van der Waals surface area contributed by atoms with Gasteiger partial charge in [-0.15, -0.1) is 12.6 Å². The molecule has 0 aromatic carbocycles. The lowest BCUT2D eigenvalue weighted by Crippen LogP contribution is -2.56. The Kier molecular flexibility index (Phi) is 2.53. The number of halogens is 1. The molecule has 15 heavy (non-hydrogen) atoms. The molecule has 2 atom stereocenters. The summed E-state index contributed by atoms with van der Waals surface area (Å²) in [7, 11) is 0. The SMILES string of the molecule is SC1=CN([C@H]2CN3CCC2CC3)C(Cl)O1. The smallest absolute Gasteiger partial charge is 0.251 e. The maximum atomic E-state index is 6.13. The first-order valence-corrected chi connectivity index (χ1v) is 6.34. The minimum atomic E-state index is -0.358. The third-order valence-electron chi connectivity index (χ3n) is 3.72. The number of nitrogens with zero attached hydrogens (tertiary/aromatic N) is 2. The Hall–Kier alpha value is -0.0600. The quantitative estimate of drug-likeness (QED) is 0.431. The van der Waals surface area contributed by atoms with Crippen molar-refractivity contribution in [2.75, 3.05) is 19.6 Å². The molecule has 0 radical (unpaired) electrons. The lowest BCUT2D eigenvalue weighted by atomic mass is 9.83. The van der Waals surface area contributed by atoms with Crippen LogP contribution in [-0.2, 0) is 4.74 Å². The zero-order valence-corrected chi connectivity index (χ0v) is 10.1. The van der Waals surface area contributed by atoms with Crippen molar-refractivity contribution in [3.05, 3.63) is 11.3 Å². The molecular formula is C10H15ClN2OS. The fourth-order valence-electron chi connectivity index (χ4n) is 2.89. The van der Waals surface area contributed by atoms with Crippen LogP contribution in [0.15, 0.2) is 11.3 Å². The van der Waals surface area contributed by atoms with E-state index in [0.29, 0.717) is 11.1 Å². The molecule has 1 unspecified atom stereocenters. The topological polar surface area (TPSA) is 15.7 Å². The molecule has 3 saturated heterocycles. The van der Waals surface area contributed by atoms with Gasteiger partial charge in [-0.1, -0.05) is 11.6 Å². The first-order chi connectivity index (χ1) is 7.24. The van der Waals surface area contributed by atoms with Gasteiger partial charge in [-0.2, -0.15) is 0 Å². The molecule has 3 fully saturated rings. The molecular weight excluding hydrogens is 232 g/mol. The van der Waals surface area contributed by atoms with Crippen LogP contribution in [-0.4, -0.2) is 41.2 Å². The van der Waals surface area contributed by atoms with E-state index in [-0.39, 0.29) is 5.69 Å². The highest BCUT2D eigenvalue weighted by Gasteiger charge is 2.40. The van der Waals surface area contributed by atoms with Gasteiger partial charge in [0.25, 0.3) is 5.69 Å². The van der Waals surface area contributed by atoms with E-state index in [4.69, 9.17) is 16.3 Å². The fourth-order valence-corrected chi connectivity index (χ4v) is 3.49. The third-order valence-corrected chi connectivity index (χ3v) is 4.25. The Balaban J connectivity index is 1.77. The Morgan fingerprint density at radius 2 is 2.13 bits per heavy atom. The predicted octanol–water partition coefficient (Wildman–Crippen LogP) is 1.66. The second-order valence-electron chi connectivity index (χ2n) is 4.53. The number of alkyl halides is 1. The summed E-state index contributed by atoms with van der Waals surface area (Å²) >= 11 is 10.3. The number of ether oxygens (including phenoxy) is 1. The standard InChI is InChI=1S/C10H15ClN2OS/c11-10-13(6-9(15)14-10)8-5-12-3-1-7(8)2-4-12/h6-8,10,15H,1-5H2/t8-,10?/m0/s1. The van der Waals surface area contributed by atoms with E-state index in [0.717, 1.165) is 12.5 Å². The number of hydrogen-bond acceptors (Lipinski definition) is 4. The predicted molar refractivity (Wildman–Crippen MR) is 62.6 cm³/mol. The molecule has 5 heteroatoms. The zero-order valence-electron chi connectivity index (χ0n) is 8.47. The Morgan fingerprint density at radius 1 is 1.40 bits per heavy atom. The van der Waals surface area contributed by atoms with Gasteiger partial charge in [-0.25, -0.2) is 0 Å². The van der Waals surface area contributed by atoms with Crippen molar-refractivity contribution < 1.29 is 4.74 Å².